The highest BCUT2D eigenvalue weighted by Crippen LogP contribution is 2.26. The maximum absolute atomic E-state index is 12.9. The summed E-state index contributed by atoms with van der Waals surface area (Å²) in [6.07, 6.45) is 46.7. The molecule has 6 unspecified atom stereocenters. The number of aliphatic hydroxyl groups is 3. The Bertz CT molecular complexity index is 1380. The zero-order valence-electron chi connectivity index (χ0n) is 41.2. The third-order valence-electron chi connectivity index (χ3n) is 11.6. The summed E-state index contributed by atoms with van der Waals surface area (Å²) in [5, 5.41) is 30.8. The van der Waals surface area contributed by atoms with Gasteiger partial charge in [0, 0.05) is 13.0 Å². The van der Waals surface area contributed by atoms with E-state index in [2.05, 4.69) is 78.8 Å². The third kappa shape index (κ3) is 36.8. The maximum atomic E-state index is 12.9. The van der Waals surface area contributed by atoms with E-state index in [-0.39, 0.29) is 19.6 Å². The van der Waals surface area contributed by atoms with Crippen molar-refractivity contribution < 1.29 is 56.2 Å². The molecule has 12 nitrogen and oxygen atoms in total. The van der Waals surface area contributed by atoms with Crippen LogP contribution in [0.15, 0.2) is 60.8 Å². The molecule has 0 amide bonds. The van der Waals surface area contributed by atoms with Gasteiger partial charge in [0.05, 0.1) is 19.8 Å². The minimum Gasteiger partial charge on any atom is -0.457 e. The van der Waals surface area contributed by atoms with Gasteiger partial charge in [-0.3, -0.25) is 9.35 Å². The molecule has 13 heteroatoms. The molecule has 66 heavy (non-hydrogen) atoms. The first kappa shape index (κ1) is 61.8. The van der Waals surface area contributed by atoms with Crippen LogP contribution in [0.3, 0.4) is 0 Å². The summed E-state index contributed by atoms with van der Waals surface area (Å²) in [5.74, 6) is -0.412. The number of carbonyl (C=O) groups excluding carboxylic acids is 1. The Morgan fingerprint density at radius 2 is 1.00 bits per heavy atom. The number of rotatable bonds is 45. The third-order valence-corrected chi connectivity index (χ3v) is 12.1. The summed E-state index contributed by atoms with van der Waals surface area (Å²) < 4.78 is 59.2. The molecular weight excluding hydrogens is 861 g/mol. The highest BCUT2D eigenvalue weighted by atomic mass is 32.3. The number of hydrogen-bond donors (Lipinski definition) is 4. The van der Waals surface area contributed by atoms with Crippen molar-refractivity contribution in [2.45, 2.75) is 243 Å². The Hall–Kier alpha value is -2.20. The molecule has 1 aliphatic heterocycles. The van der Waals surface area contributed by atoms with Crippen molar-refractivity contribution >= 4 is 16.4 Å². The second-order valence-corrected chi connectivity index (χ2v) is 18.8. The van der Waals surface area contributed by atoms with Gasteiger partial charge in [-0.25, -0.2) is 4.18 Å². The maximum Gasteiger partial charge on any atom is 0.397 e. The lowest BCUT2D eigenvalue weighted by atomic mass is 9.99. The van der Waals surface area contributed by atoms with Crippen LogP contribution in [0.5, 0.6) is 0 Å². The van der Waals surface area contributed by atoms with E-state index in [1.165, 1.54) is 103 Å². The summed E-state index contributed by atoms with van der Waals surface area (Å²) in [4.78, 5) is 12.9. The van der Waals surface area contributed by atoms with Gasteiger partial charge in [0.2, 0.25) is 0 Å². The second kappa shape index (κ2) is 44.0. The van der Waals surface area contributed by atoms with Crippen molar-refractivity contribution in [2.24, 2.45) is 0 Å². The van der Waals surface area contributed by atoms with Crippen molar-refractivity contribution in [1.29, 1.82) is 0 Å². The molecule has 0 saturated carbocycles. The molecule has 1 fully saturated rings. The van der Waals surface area contributed by atoms with E-state index in [0.717, 1.165) is 77.0 Å². The van der Waals surface area contributed by atoms with Crippen LogP contribution in [-0.4, -0.2) is 97.5 Å². The van der Waals surface area contributed by atoms with Crippen LogP contribution in [0, 0.1) is 0 Å². The molecule has 0 aromatic heterocycles. The highest BCUT2D eigenvalue weighted by molar-refractivity contribution is 7.80. The largest absolute Gasteiger partial charge is 0.457 e. The zero-order chi connectivity index (χ0) is 48.2. The van der Waals surface area contributed by atoms with Gasteiger partial charge in [-0.05, 0) is 83.5 Å². The molecule has 0 radical (unpaired) electrons. The normalized spacial score (nSPS) is 20.0. The van der Waals surface area contributed by atoms with E-state index >= 15 is 0 Å². The lowest BCUT2D eigenvalue weighted by molar-refractivity contribution is -0.301. The predicted octanol–water partition coefficient (Wildman–Crippen LogP) is 12.1. The summed E-state index contributed by atoms with van der Waals surface area (Å²) in [5.41, 5.74) is 0. The van der Waals surface area contributed by atoms with Crippen LogP contribution >= 0.6 is 0 Å². The monoisotopic (exact) mass is 955 g/mol. The summed E-state index contributed by atoms with van der Waals surface area (Å²) in [6, 6.07) is 0. The highest BCUT2D eigenvalue weighted by Gasteiger charge is 2.48. The van der Waals surface area contributed by atoms with Crippen molar-refractivity contribution in [2.75, 3.05) is 26.4 Å². The van der Waals surface area contributed by atoms with Gasteiger partial charge in [-0.1, -0.05) is 177 Å². The van der Waals surface area contributed by atoms with E-state index in [1.54, 1.807) is 0 Å². The van der Waals surface area contributed by atoms with Gasteiger partial charge < -0.3 is 34.3 Å². The number of ether oxygens (including phenoxy) is 4. The number of hydrogen-bond acceptors (Lipinski definition) is 11. The van der Waals surface area contributed by atoms with Gasteiger partial charge >= 0.3 is 16.4 Å². The molecule has 384 valence electrons. The van der Waals surface area contributed by atoms with Gasteiger partial charge in [0.1, 0.15) is 30.5 Å². The molecule has 1 saturated heterocycles. The molecule has 0 aromatic carbocycles. The molecule has 0 aromatic rings. The van der Waals surface area contributed by atoms with Crippen molar-refractivity contribution in [3.63, 3.8) is 0 Å². The summed E-state index contributed by atoms with van der Waals surface area (Å²) in [6.45, 7) is 3.93. The van der Waals surface area contributed by atoms with Gasteiger partial charge in [0.15, 0.2) is 6.29 Å². The van der Waals surface area contributed by atoms with Gasteiger partial charge in [0.25, 0.3) is 0 Å². The smallest absolute Gasteiger partial charge is 0.397 e. The number of allylic oxidation sites excluding steroid dienone is 10. The molecule has 1 rings (SSSR count). The predicted molar refractivity (Wildman–Crippen MR) is 266 cm³/mol. The van der Waals surface area contributed by atoms with Crippen LogP contribution in [-0.2, 0) is 38.3 Å². The number of carbonyl (C=O) groups is 1. The standard InChI is InChI=1S/C53H94O12S/c1-3-5-7-9-11-13-15-17-19-21-22-23-24-25-27-29-31-33-35-37-39-41-43-61-45-47(46-62-53-51(57)52(65-66(58,59)60)50(56)48(44-54)64-53)63-49(55)42-40-38-36-34-32-30-28-26-20-18-16-14-12-10-8-6-4-2/h12,14-15,17-18,20-22,24-25,47-48,50-54,56-57H,3-11,13,16,19,23,26-46H2,1-2H3,(H,58,59,60)/b14-12-,17-15-,20-18-,22-21-,25-24-. The first-order chi connectivity index (χ1) is 32.1. The molecule has 0 bridgehead atoms. The lowest BCUT2D eigenvalue weighted by Gasteiger charge is -2.41. The van der Waals surface area contributed by atoms with Crippen LogP contribution in [0.2, 0.25) is 0 Å². The topological polar surface area (TPSA) is 178 Å². The second-order valence-electron chi connectivity index (χ2n) is 17.8. The fourth-order valence-electron chi connectivity index (χ4n) is 7.65. The van der Waals surface area contributed by atoms with Crippen LogP contribution < -0.4 is 0 Å². The number of esters is 1. The van der Waals surface area contributed by atoms with E-state index in [1.807, 2.05) is 0 Å². The Labute approximate surface area is 401 Å². The van der Waals surface area contributed by atoms with E-state index < -0.39 is 59.8 Å². The molecule has 6 atom stereocenters. The average molecular weight is 955 g/mol. The fraction of sp³-hybridized carbons (Fsp3) is 0.792. The minimum absolute atomic E-state index is 0.0239. The first-order valence-electron chi connectivity index (χ1n) is 26.0. The molecular formula is C53H94O12S. The zero-order valence-corrected chi connectivity index (χ0v) is 42.1. The van der Waals surface area contributed by atoms with E-state index in [0.29, 0.717) is 13.0 Å². The lowest BCUT2D eigenvalue weighted by Crippen LogP contribution is -2.60. The van der Waals surface area contributed by atoms with Crippen molar-refractivity contribution in [1.82, 2.24) is 0 Å². The van der Waals surface area contributed by atoms with Crippen molar-refractivity contribution in [3.8, 4) is 0 Å². The van der Waals surface area contributed by atoms with Crippen molar-refractivity contribution in [3.05, 3.63) is 60.8 Å². The SMILES string of the molecule is CCCCC/C=C\C/C=C\CCCCCCCCCC(=O)OC(COCCCCCCCCC/C=C\C/C=C\C/C=C\CCCCCCC)COC1OC(CO)C(O)C(OS(=O)(=O)O)C1O. The van der Waals surface area contributed by atoms with Gasteiger partial charge in [-0.2, -0.15) is 8.42 Å². The molecule has 4 N–H and O–H groups in total. The summed E-state index contributed by atoms with van der Waals surface area (Å²) >= 11 is 0. The Morgan fingerprint density at radius 3 is 1.48 bits per heavy atom. The first-order valence-corrected chi connectivity index (χ1v) is 27.4. The van der Waals surface area contributed by atoms with Gasteiger partial charge in [-0.15, -0.1) is 0 Å². The molecule has 0 spiro atoms. The molecule has 0 aliphatic carbocycles. The van der Waals surface area contributed by atoms with Crippen LogP contribution in [0.1, 0.15) is 206 Å². The quantitative estimate of drug-likeness (QED) is 0.0197. The molecule has 1 aliphatic rings. The fourth-order valence-corrected chi connectivity index (χ4v) is 8.16. The van der Waals surface area contributed by atoms with E-state index in [9.17, 15) is 33.1 Å². The Morgan fingerprint density at radius 1 is 0.576 bits per heavy atom. The van der Waals surface area contributed by atoms with Crippen LogP contribution in [0.4, 0.5) is 0 Å². The summed E-state index contributed by atoms with van der Waals surface area (Å²) in [7, 11) is -5.07. The molecule has 1 heterocycles. The Balaban J connectivity index is 2.37. The number of aliphatic hydroxyl groups excluding tert-OH is 3. The minimum atomic E-state index is -5.07. The number of unbranched alkanes of at least 4 members (excludes halogenated alkanes) is 22. The Kier molecular flexibility index (Phi) is 41.2. The average Bonchev–Trinajstić information content (AvgIpc) is 3.29. The van der Waals surface area contributed by atoms with E-state index in [4.69, 9.17) is 18.9 Å². The van der Waals surface area contributed by atoms with Crippen LogP contribution in [0.25, 0.3) is 0 Å².